The molecule has 21 heavy (non-hydrogen) atoms. The molecule has 0 aliphatic carbocycles. The molecule has 9 heteroatoms. The summed E-state index contributed by atoms with van der Waals surface area (Å²) in [6, 6.07) is 3.78. The zero-order chi connectivity index (χ0) is 15.5. The minimum absolute atomic E-state index is 0.235. The molecule has 0 saturated heterocycles. The summed E-state index contributed by atoms with van der Waals surface area (Å²) in [5.41, 5.74) is 1.05. The molecule has 0 bridgehead atoms. The van der Waals surface area contributed by atoms with Gasteiger partial charge in [-0.05, 0) is 41.5 Å². The van der Waals surface area contributed by atoms with E-state index in [2.05, 4.69) is 36.2 Å². The van der Waals surface area contributed by atoms with Crippen LogP contribution < -0.4 is 10.0 Å². The topological polar surface area (TPSA) is 86.9 Å². The number of hydrogen-bond acceptors (Lipinski definition) is 5. The Kier molecular flexibility index (Phi) is 5.55. The van der Waals surface area contributed by atoms with Crippen LogP contribution >= 0.6 is 27.3 Å². The first-order valence-electron chi connectivity index (χ1n) is 6.42. The Morgan fingerprint density at radius 1 is 1.38 bits per heavy atom. The van der Waals surface area contributed by atoms with Crippen molar-refractivity contribution in [3.63, 3.8) is 0 Å². The molecule has 0 saturated carbocycles. The Hall–Kier alpha value is -0.740. The molecule has 116 valence electrons. The minimum atomic E-state index is -3.59. The predicted octanol–water partition coefficient (Wildman–Crippen LogP) is 2.13. The molecular formula is C12H17BrN4O2S2. The van der Waals surface area contributed by atoms with Crippen molar-refractivity contribution in [2.75, 3.05) is 6.54 Å². The van der Waals surface area contributed by atoms with Crippen LogP contribution in [-0.4, -0.2) is 25.2 Å². The molecule has 2 aromatic heterocycles. The smallest absolute Gasteiger partial charge is 0.244 e. The van der Waals surface area contributed by atoms with Gasteiger partial charge in [0.2, 0.25) is 10.0 Å². The molecule has 0 amide bonds. The van der Waals surface area contributed by atoms with Crippen LogP contribution in [0.1, 0.15) is 23.2 Å². The quantitative estimate of drug-likeness (QED) is 0.673. The third kappa shape index (κ3) is 4.13. The van der Waals surface area contributed by atoms with E-state index in [4.69, 9.17) is 0 Å². The number of aryl methyl sites for hydroxylation is 1. The fourth-order valence-corrected chi connectivity index (χ4v) is 4.76. The number of aromatic nitrogens is 2. The van der Waals surface area contributed by atoms with Crippen LogP contribution in [0.15, 0.2) is 20.8 Å². The summed E-state index contributed by atoms with van der Waals surface area (Å²) >= 11 is 4.86. The summed E-state index contributed by atoms with van der Waals surface area (Å²) in [5.74, 6) is 0. The molecule has 0 radical (unpaired) electrons. The van der Waals surface area contributed by atoms with Crippen molar-refractivity contribution in [3.05, 3.63) is 32.2 Å². The standard InChI is InChI=1S/C12H17BrN4O2S2/c1-3-14-7-10-12(8(2)16-17-10)21(18,19)15-6-9-4-5-11(13)20-9/h4-5,14-15H,3,6-7H2,1-2H3,(H,16,17). The van der Waals surface area contributed by atoms with Gasteiger partial charge >= 0.3 is 0 Å². The van der Waals surface area contributed by atoms with Crippen LogP contribution in [0.5, 0.6) is 0 Å². The van der Waals surface area contributed by atoms with E-state index in [0.29, 0.717) is 17.9 Å². The largest absolute Gasteiger partial charge is 0.311 e. The summed E-state index contributed by atoms with van der Waals surface area (Å²) in [6.45, 7) is 5.10. The Morgan fingerprint density at radius 2 is 2.14 bits per heavy atom. The van der Waals surface area contributed by atoms with Gasteiger partial charge in [0.1, 0.15) is 4.90 Å². The molecule has 0 spiro atoms. The van der Waals surface area contributed by atoms with E-state index in [1.54, 1.807) is 6.92 Å². The summed E-state index contributed by atoms with van der Waals surface area (Å²) in [7, 11) is -3.59. The molecular weight excluding hydrogens is 376 g/mol. The van der Waals surface area contributed by atoms with Crippen LogP contribution in [0, 0.1) is 6.92 Å². The minimum Gasteiger partial charge on any atom is -0.311 e. The van der Waals surface area contributed by atoms with Gasteiger partial charge in [-0.2, -0.15) is 5.10 Å². The maximum Gasteiger partial charge on any atom is 0.244 e. The summed E-state index contributed by atoms with van der Waals surface area (Å²) in [4.78, 5) is 1.18. The molecule has 0 fully saturated rings. The van der Waals surface area contributed by atoms with Gasteiger partial charge in [-0.1, -0.05) is 6.92 Å². The third-order valence-electron chi connectivity index (χ3n) is 2.84. The van der Waals surface area contributed by atoms with E-state index in [1.807, 2.05) is 19.1 Å². The van der Waals surface area contributed by atoms with Crippen molar-refractivity contribution >= 4 is 37.3 Å². The highest BCUT2D eigenvalue weighted by Crippen LogP contribution is 2.23. The highest BCUT2D eigenvalue weighted by Gasteiger charge is 2.23. The van der Waals surface area contributed by atoms with E-state index in [1.165, 1.54) is 11.3 Å². The first-order valence-corrected chi connectivity index (χ1v) is 9.51. The van der Waals surface area contributed by atoms with E-state index in [-0.39, 0.29) is 11.4 Å². The van der Waals surface area contributed by atoms with Gasteiger partial charge < -0.3 is 5.32 Å². The highest BCUT2D eigenvalue weighted by molar-refractivity contribution is 9.11. The molecule has 0 aliphatic rings. The second kappa shape index (κ2) is 7.01. The number of nitrogens with one attached hydrogen (secondary N) is 3. The average Bonchev–Trinajstić information content (AvgIpc) is 3.00. The SMILES string of the molecule is CCNCc1n[nH]c(C)c1S(=O)(=O)NCc1ccc(Br)s1. The number of aromatic amines is 1. The summed E-state index contributed by atoms with van der Waals surface area (Å²) < 4.78 is 28.5. The first kappa shape index (κ1) is 16.6. The van der Waals surface area contributed by atoms with Crippen molar-refractivity contribution in [3.8, 4) is 0 Å². The summed E-state index contributed by atoms with van der Waals surface area (Å²) in [5, 5.41) is 9.90. The van der Waals surface area contributed by atoms with Crippen LogP contribution in [-0.2, 0) is 23.1 Å². The van der Waals surface area contributed by atoms with Crippen LogP contribution in [0.25, 0.3) is 0 Å². The van der Waals surface area contributed by atoms with E-state index in [0.717, 1.165) is 15.2 Å². The zero-order valence-corrected chi connectivity index (χ0v) is 15.0. The number of nitrogens with zero attached hydrogens (tertiary/aromatic N) is 1. The molecule has 2 heterocycles. The van der Waals surface area contributed by atoms with E-state index < -0.39 is 10.0 Å². The molecule has 0 aromatic carbocycles. The zero-order valence-electron chi connectivity index (χ0n) is 11.7. The maximum atomic E-state index is 12.5. The lowest BCUT2D eigenvalue weighted by Crippen LogP contribution is -2.25. The number of thiophene rings is 1. The van der Waals surface area contributed by atoms with Crippen molar-refractivity contribution in [2.24, 2.45) is 0 Å². The number of halogens is 1. The Balaban J connectivity index is 2.17. The van der Waals surface area contributed by atoms with Crippen molar-refractivity contribution < 1.29 is 8.42 Å². The highest BCUT2D eigenvalue weighted by atomic mass is 79.9. The van der Waals surface area contributed by atoms with E-state index >= 15 is 0 Å². The molecule has 2 aromatic rings. The fourth-order valence-electron chi connectivity index (χ4n) is 1.87. The number of H-pyrrole nitrogens is 1. The maximum absolute atomic E-state index is 12.5. The number of rotatable bonds is 7. The normalized spacial score (nSPS) is 12.0. The second-order valence-corrected chi connectivity index (χ2v) is 8.69. The van der Waals surface area contributed by atoms with Crippen LogP contribution in [0.2, 0.25) is 0 Å². The van der Waals surface area contributed by atoms with Crippen LogP contribution in [0.3, 0.4) is 0 Å². The van der Waals surface area contributed by atoms with Gasteiger partial charge in [0.25, 0.3) is 0 Å². The van der Waals surface area contributed by atoms with Gasteiger partial charge in [0.05, 0.1) is 15.2 Å². The first-order chi connectivity index (χ1) is 9.94. The second-order valence-electron chi connectivity index (χ2n) is 4.44. The van der Waals surface area contributed by atoms with Crippen LogP contribution in [0.4, 0.5) is 0 Å². The van der Waals surface area contributed by atoms with Crippen molar-refractivity contribution in [2.45, 2.75) is 31.8 Å². The molecule has 6 nitrogen and oxygen atoms in total. The lowest BCUT2D eigenvalue weighted by molar-refractivity contribution is 0.578. The third-order valence-corrected chi connectivity index (χ3v) is 6.06. The number of hydrogen-bond donors (Lipinski definition) is 3. The van der Waals surface area contributed by atoms with Gasteiger partial charge in [-0.3, -0.25) is 5.10 Å². The predicted molar refractivity (Wildman–Crippen MR) is 86.7 cm³/mol. The molecule has 2 rings (SSSR count). The fraction of sp³-hybridized carbons (Fsp3) is 0.417. The summed E-state index contributed by atoms with van der Waals surface area (Å²) in [6.07, 6.45) is 0. The van der Waals surface area contributed by atoms with Gasteiger partial charge in [-0.25, -0.2) is 13.1 Å². The van der Waals surface area contributed by atoms with Crippen molar-refractivity contribution in [1.82, 2.24) is 20.2 Å². The van der Waals surface area contributed by atoms with Gasteiger partial charge in [0, 0.05) is 18.0 Å². The molecule has 0 atom stereocenters. The van der Waals surface area contributed by atoms with Crippen molar-refractivity contribution in [1.29, 1.82) is 0 Å². The average molecular weight is 393 g/mol. The Labute approximate surface area is 136 Å². The molecule has 3 N–H and O–H groups in total. The number of sulfonamides is 1. The molecule has 0 unspecified atom stereocenters. The Bertz CT molecular complexity index is 709. The van der Waals surface area contributed by atoms with Gasteiger partial charge in [0.15, 0.2) is 0 Å². The van der Waals surface area contributed by atoms with E-state index in [9.17, 15) is 8.42 Å². The molecule has 0 aliphatic heterocycles. The van der Waals surface area contributed by atoms with Gasteiger partial charge in [-0.15, -0.1) is 11.3 Å². The lowest BCUT2D eigenvalue weighted by atomic mass is 10.3. The Morgan fingerprint density at radius 3 is 2.76 bits per heavy atom. The lowest BCUT2D eigenvalue weighted by Gasteiger charge is -2.07. The monoisotopic (exact) mass is 392 g/mol.